The van der Waals surface area contributed by atoms with E-state index in [4.69, 9.17) is 5.73 Å². The van der Waals surface area contributed by atoms with Gasteiger partial charge in [-0.3, -0.25) is 9.59 Å². The molecule has 1 aliphatic heterocycles. The number of amides is 1. The minimum atomic E-state index is -0.467. The Morgan fingerprint density at radius 2 is 2.14 bits per heavy atom. The molecule has 0 saturated carbocycles. The standard InChI is InChI=1S/C10H9NO2S/c11-9(12)7-4-2-1-3-6(7)8-5-14-10(8)13/h1-4,8H,5H2,(H2,11,12). The molecule has 3 nitrogen and oxygen atoms in total. The summed E-state index contributed by atoms with van der Waals surface area (Å²) < 4.78 is 0. The molecule has 1 aromatic rings. The van der Waals surface area contributed by atoms with Crippen molar-refractivity contribution in [2.24, 2.45) is 5.73 Å². The molecular formula is C10H9NO2S. The first-order valence-electron chi connectivity index (χ1n) is 4.25. The van der Waals surface area contributed by atoms with Crippen LogP contribution in [0, 0.1) is 0 Å². The molecule has 1 heterocycles. The lowest BCUT2D eigenvalue weighted by molar-refractivity contribution is -0.112. The Hall–Kier alpha value is -1.29. The third-order valence-corrected chi connectivity index (χ3v) is 3.35. The van der Waals surface area contributed by atoms with Gasteiger partial charge in [-0.2, -0.15) is 0 Å². The fourth-order valence-corrected chi connectivity index (χ4v) is 2.25. The Kier molecular flexibility index (Phi) is 2.29. The molecule has 1 unspecified atom stereocenters. The molecule has 1 fully saturated rings. The van der Waals surface area contributed by atoms with Crippen LogP contribution in [0.1, 0.15) is 21.8 Å². The first-order valence-corrected chi connectivity index (χ1v) is 5.24. The van der Waals surface area contributed by atoms with Crippen molar-refractivity contribution >= 4 is 22.8 Å². The number of thioether (sulfide) groups is 1. The van der Waals surface area contributed by atoms with Crippen molar-refractivity contribution in [2.75, 3.05) is 5.75 Å². The Labute approximate surface area is 85.7 Å². The molecule has 1 saturated heterocycles. The number of benzene rings is 1. The van der Waals surface area contributed by atoms with E-state index in [0.29, 0.717) is 5.56 Å². The smallest absolute Gasteiger partial charge is 0.249 e. The largest absolute Gasteiger partial charge is 0.366 e. The number of nitrogens with two attached hydrogens (primary N) is 1. The van der Waals surface area contributed by atoms with E-state index in [1.165, 1.54) is 11.8 Å². The highest BCUT2D eigenvalue weighted by molar-refractivity contribution is 8.15. The van der Waals surface area contributed by atoms with Crippen molar-refractivity contribution in [1.82, 2.24) is 0 Å². The van der Waals surface area contributed by atoms with Gasteiger partial charge >= 0.3 is 0 Å². The number of primary amides is 1. The Balaban J connectivity index is 2.41. The predicted octanol–water partition coefficient (Wildman–Crippen LogP) is 1.14. The lowest BCUT2D eigenvalue weighted by atomic mass is 9.95. The summed E-state index contributed by atoms with van der Waals surface area (Å²) in [7, 11) is 0. The van der Waals surface area contributed by atoms with Crippen LogP contribution in [-0.4, -0.2) is 16.8 Å². The molecule has 1 amide bonds. The van der Waals surface area contributed by atoms with Crippen LogP contribution in [0.15, 0.2) is 24.3 Å². The minimum absolute atomic E-state index is 0.124. The van der Waals surface area contributed by atoms with Crippen LogP contribution >= 0.6 is 11.8 Å². The normalized spacial score (nSPS) is 20.3. The number of hydrogen-bond donors (Lipinski definition) is 1. The zero-order chi connectivity index (χ0) is 10.1. The van der Waals surface area contributed by atoms with Crippen LogP contribution in [0.5, 0.6) is 0 Å². The van der Waals surface area contributed by atoms with E-state index >= 15 is 0 Å². The summed E-state index contributed by atoms with van der Waals surface area (Å²) in [6.07, 6.45) is 0. The Morgan fingerprint density at radius 3 is 2.64 bits per heavy atom. The van der Waals surface area contributed by atoms with Gasteiger partial charge in [-0.05, 0) is 11.6 Å². The van der Waals surface area contributed by atoms with Crippen LogP contribution in [0.2, 0.25) is 0 Å². The quantitative estimate of drug-likeness (QED) is 0.791. The van der Waals surface area contributed by atoms with E-state index in [1.54, 1.807) is 18.2 Å². The van der Waals surface area contributed by atoms with Crippen molar-refractivity contribution in [1.29, 1.82) is 0 Å². The molecule has 1 aromatic carbocycles. The maximum absolute atomic E-state index is 11.2. The molecule has 0 radical (unpaired) electrons. The first-order chi connectivity index (χ1) is 6.70. The van der Waals surface area contributed by atoms with Crippen LogP contribution in [0.25, 0.3) is 0 Å². The molecule has 2 rings (SSSR count). The molecular weight excluding hydrogens is 198 g/mol. The average molecular weight is 207 g/mol. The van der Waals surface area contributed by atoms with Crippen LogP contribution in [0.4, 0.5) is 0 Å². The van der Waals surface area contributed by atoms with Crippen LogP contribution in [0.3, 0.4) is 0 Å². The van der Waals surface area contributed by atoms with Crippen molar-refractivity contribution in [3.05, 3.63) is 35.4 Å². The van der Waals surface area contributed by atoms with E-state index in [-0.39, 0.29) is 11.0 Å². The molecule has 0 bridgehead atoms. The zero-order valence-corrected chi connectivity index (χ0v) is 8.21. The molecule has 1 atom stereocenters. The maximum Gasteiger partial charge on any atom is 0.249 e. The van der Waals surface area contributed by atoms with Gasteiger partial charge in [0, 0.05) is 11.3 Å². The summed E-state index contributed by atoms with van der Waals surface area (Å²) in [6.45, 7) is 0. The summed E-state index contributed by atoms with van der Waals surface area (Å²) in [6, 6.07) is 7.02. The van der Waals surface area contributed by atoms with Gasteiger partial charge in [0.1, 0.15) is 0 Å². The van der Waals surface area contributed by atoms with Gasteiger partial charge in [-0.15, -0.1) is 0 Å². The van der Waals surface area contributed by atoms with Crippen molar-refractivity contribution in [3.63, 3.8) is 0 Å². The van der Waals surface area contributed by atoms with Gasteiger partial charge in [0.25, 0.3) is 0 Å². The molecule has 72 valence electrons. The maximum atomic E-state index is 11.2. The van der Waals surface area contributed by atoms with Crippen LogP contribution < -0.4 is 5.73 Å². The van der Waals surface area contributed by atoms with Gasteiger partial charge in [0.15, 0.2) is 5.12 Å². The third kappa shape index (κ3) is 1.42. The molecule has 2 N–H and O–H groups in total. The van der Waals surface area contributed by atoms with Crippen molar-refractivity contribution in [2.45, 2.75) is 5.92 Å². The lowest BCUT2D eigenvalue weighted by Crippen LogP contribution is -2.26. The Bertz CT molecular complexity index is 403. The van der Waals surface area contributed by atoms with Crippen molar-refractivity contribution < 1.29 is 9.59 Å². The molecule has 1 aliphatic rings. The number of carbonyl (C=O) groups is 2. The number of hydrogen-bond acceptors (Lipinski definition) is 3. The van der Waals surface area contributed by atoms with Gasteiger partial charge in [-0.1, -0.05) is 30.0 Å². The summed E-state index contributed by atoms with van der Waals surface area (Å²) in [5, 5.41) is 0.124. The third-order valence-electron chi connectivity index (χ3n) is 2.28. The predicted molar refractivity (Wildman–Crippen MR) is 55.2 cm³/mol. The zero-order valence-electron chi connectivity index (χ0n) is 7.40. The average Bonchev–Trinajstić information content (AvgIpc) is 2.16. The van der Waals surface area contributed by atoms with E-state index in [0.717, 1.165) is 11.3 Å². The van der Waals surface area contributed by atoms with E-state index < -0.39 is 5.91 Å². The Morgan fingerprint density at radius 1 is 1.43 bits per heavy atom. The molecule has 0 aliphatic carbocycles. The summed E-state index contributed by atoms with van der Waals surface area (Å²) in [5.41, 5.74) is 6.45. The van der Waals surface area contributed by atoms with Gasteiger partial charge in [0.2, 0.25) is 5.91 Å². The highest BCUT2D eigenvalue weighted by Crippen LogP contribution is 2.37. The monoisotopic (exact) mass is 207 g/mol. The van der Waals surface area contributed by atoms with Gasteiger partial charge in [0.05, 0.1) is 5.92 Å². The molecule has 4 heteroatoms. The van der Waals surface area contributed by atoms with E-state index in [9.17, 15) is 9.59 Å². The second-order valence-electron chi connectivity index (χ2n) is 3.13. The summed E-state index contributed by atoms with van der Waals surface area (Å²) in [4.78, 5) is 22.3. The minimum Gasteiger partial charge on any atom is -0.366 e. The number of carbonyl (C=O) groups excluding carboxylic acids is 2. The van der Waals surface area contributed by atoms with Gasteiger partial charge in [-0.25, -0.2) is 0 Å². The first kappa shape index (κ1) is 9.27. The summed E-state index contributed by atoms with van der Waals surface area (Å²) in [5.74, 6) is 0.150. The molecule has 0 spiro atoms. The summed E-state index contributed by atoms with van der Waals surface area (Å²) >= 11 is 1.29. The number of rotatable bonds is 2. The van der Waals surface area contributed by atoms with E-state index in [2.05, 4.69) is 0 Å². The van der Waals surface area contributed by atoms with Gasteiger partial charge < -0.3 is 5.73 Å². The molecule has 0 aromatic heterocycles. The SMILES string of the molecule is NC(=O)c1ccccc1C1CSC1=O. The van der Waals surface area contributed by atoms with Crippen molar-refractivity contribution in [3.8, 4) is 0 Å². The fourth-order valence-electron chi connectivity index (χ4n) is 1.48. The lowest BCUT2D eigenvalue weighted by Gasteiger charge is -2.24. The highest BCUT2D eigenvalue weighted by atomic mass is 32.2. The highest BCUT2D eigenvalue weighted by Gasteiger charge is 2.32. The fraction of sp³-hybridized carbons (Fsp3) is 0.200. The second kappa shape index (κ2) is 3.46. The second-order valence-corrected chi connectivity index (χ2v) is 4.16. The van der Waals surface area contributed by atoms with E-state index in [1.807, 2.05) is 6.07 Å². The molecule has 14 heavy (non-hydrogen) atoms. The van der Waals surface area contributed by atoms with Crippen LogP contribution in [-0.2, 0) is 4.79 Å². The topological polar surface area (TPSA) is 60.2 Å².